The van der Waals surface area contributed by atoms with Gasteiger partial charge in [-0.05, 0) is 25.3 Å². The van der Waals surface area contributed by atoms with Gasteiger partial charge in [-0.1, -0.05) is 39.0 Å². The molecule has 1 aromatic heterocycles. The van der Waals surface area contributed by atoms with Crippen LogP contribution < -0.4 is 0 Å². The molecular formula is C13H22N2O2S. The molecule has 0 aliphatic heterocycles. The maximum absolute atomic E-state index is 10.7. The number of hydrogen-bond acceptors (Lipinski definition) is 3. The van der Waals surface area contributed by atoms with E-state index in [4.69, 9.17) is 5.11 Å². The number of carboxylic acid groups (broad SMARTS) is 1. The van der Waals surface area contributed by atoms with E-state index in [1.54, 1.807) is 0 Å². The van der Waals surface area contributed by atoms with E-state index in [-0.39, 0.29) is 5.75 Å². The van der Waals surface area contributed by atoms with Gasteiger partial charge in [0.2, 0.25) is 0 Å². The van der Waals surface area contributed by atoms with Crippen LogP contribution in [0.2, 0.25) is 0 Å². The third-order valence-corrected chi connectivity index (χ3v) is 3.88. The lowest BCUT2D eigenvalue weighted by atomic mass is 10.2. The Labute approximate surface area is 113 Å². The lowest BCUT2D eigenvalue weighted by molar-refractivity contribution is -0.133. The molecule has 0 saturated heterocycles. The molecular weight excluding hydrogens is 248 g/mol. The molecule has 0 fully saturated rings. The average Bonchev–Trinajstić information content (AvgIpc) is 2.72. The summed E-state index contributed by atoms with van der Waals surface area (Å²) >= 11 is 1.36. The Kier molecular flexibility index (Phi) is 6.25. The molecule has 0 unspecified atom stereocenters. The minimum atomic E-state index is -0.783. The molecule has 0 bridgehead atoms. The average molecular weight is 270 g/mol. The van der Waals surface area contributed by atoms with E-state index in [9.17, 15) is 4.79 Å². The van der Waals surface area contributed by atoms with E-state index < -0.39 is 5.97 Å². The molecule has 1 heterocycles. The lowest BCUT2D eigenvalue weighted by Crippen LogP contribution is -2.11. The van der Waals surface area contributed by atoms with E-state index in [0.717, 1.165) is 36.4 Å². The monoisotopic (exact) mass is 270 g/mol. The lowest BCUT2D eigenvalue weighted by Gasteiger charge is -2.15. The van der Waals surface area contributed by atoms with Gasteiger partial charge in [0.05, 0.1) is 22.5 Å². The van der Waals surface area contributed by atoms with Crippen molar-refractivity contribution in [2.24, 2.45) is 0 Å². The summed E-state index contributed by atoms with van der Waals surface area (Å²) in [5.74, 6) is -0.688. The number of aryl methyl sites for hydroxylation is 1. The highest BCUT2D eigenvalue weighted by Crippen LogP contribution is 2.26. The third kappa shape index (κ3) is 4.05. The second-order valence-corrected chi connectivity index (χ2v) is 5.32. The fourth-order valence-electron chi connectivity index (χ4n) is 1.94. The molecule has 1 N–H and O–H groups in total. The minimum absolute atomic E-state index is 0.0946. The predicted octanol–water partition coefficient (Wildman–Crippen LogP) is 3.37. The molecule has 1 aromatic rings. The van der Waals surface area contributed by atoms with Gasteiger partial charge in [-0.3, -0.25) is 9.48 Å². The fourth-order valence-corrected chi connectivity index (χ4v) is 2.76. The molecule has 0 aliphatic rings. The number of carbonyl (C=O) groups is 1. The van der Waals surface area contributed by atoms with E-state index in [2.05, 4.69) is 25.9 Å². The van der Waals surface area contributed by atoms with E-state index >= 15 is 0 Å². The van der Waals surface area contributed by atoms with Gasteiger partial charge in [0.15, 0.2) is 0 Å². The molecule has 0 aliphatic carbocycles. The van der Waals surface area contributed by atoms with Gasteiger partial charge in [0.25, 0.3) is 0 Å². The first-order chi connectivity index (χ1) is 8.62. The number of aromatic nitrogens is 2. The van der Waals surface area contributed by atoms with Crippen LogP contribution in [-0.2, 0) is 11.2 Å². The van der Waals surface area contributed by atoms with Crippen molar-refractivity contribution in [3.63, 3.8) is 0 Å². The van der Waals surface area contributed by atoms with Crippen LogP contribution >= 0.6 is 11.8 Å². The molecule has 0 saturated carbocycles. The minimum Gasteiger partial charge on any atom is -0.481 e. The van der Waals surface area contributed by atoms with Gasteiger partial charge in [0.1, 0.15) is 0 Å². The Balaban J connectivity index is 2.92. The number of carboxylic acids is 1. The van der Waals surface area contributed by atoms with Crippen LogP contribution in [0.5, 0.6) is 0 Å². The number of nitrogens with zero attached hydrogens (tertiary/aromatic N) is 2. The fraction of sp³-hybridized carbons (Fsp3) is 0.692. The van der Waals surface area contributed by atoms with Gasteiger partial charge in [-0.25, -0.2) is 0 Å². The third-order valence-electron chi connectivity index (χ3n) is 2.89. The van der Waals surface area contributed by atoms with Crippen molar-refractivity contribution >= 4 is 17.7 Å². The topological polar surface area (TPSA) is 55.1 Å². The highest BCUT2D eigenvalue weighted by atomic mass is 32.2. The van der Waals surface area contributed by atoms with Crippen molar-refractivity contribution in [2.45, 2.75) is 57.5 Å². The number of aliphatic carboxylic acids is 1. The summed E-state index contributed by atoms with van der Waals surface area (Å²) in [5, 5.41) is 14.4. The Morgan fingerprint density at radius 2 is 2.11 bits per heavy atom. The molecule has 102 valence electrons. The van der Waals surface area contributed by atoms with Crippen LogP contribution in [0.1, 0.15) is 51.8 Å². The zero-order valence-corrected chi connectivity index (χ0v) is 12.2. The molecule has 1 rings (SSSR count). The zero-order valence-electron chi connectivity index (χ0n) is 11.3. The summed E-state index contributed by atoms with van der Waals surface area (Å²) < 4.78 is 2.01. The van der Waals surface area contributed by atoms with Gasteiger partial charge in [-0.15, -0.1) is 0 Å². The standard InChI is InChI=1S/C13H22N2O2S/c1-4-7-10-8-12(18-9-13(16)17)15(14-10)11(5-2)6-3/h8,11H,4-7,9H2,1-3H3,(H,16,17). The van der Waals surface area contributed by atoms with E-state index in [1.165, 1.54) is 11.8 Å². The van der Waals surface area contributed by atoms with Crippen molar-refractivity contribution in [1.29, 1.82) is 0 Å². The maximum Gasteiger partial charge on any atom is 0.313 e. The first-order valence-electron chi connectivity index (χ1n) is 6.55. The second kappa shape index (κ2) is 7.46. The molecule has 18 heavy (non-hydrogen) atoms. The summed E-state index contributed by atoms with van der Waals surface area (Å²) in [4.78, 5) is 10.7. The van der Waals surface area contributed by atoms with Crippen molar-refractivity contribution < 1.29 is 9.90 Å². The van der Waals surface area contributed by atoms with Crippen LogP contribution in [0.3, 0.4) is 0 Å². The maximum atomic E-state index is 10.7. The van der Waals surface area contributed by atoms with E-state index in [0.29, 0.717) is 6.04 Å². The smallest absolute Gasteiger partial charge is 0.313 e. The summed E-state index contributed by atoms with van der Waals surface area (Å²) in [6.45, 7) is 6.40. The van der Waals surface area contributed by atoms with Crippen molar-refractivity contribution in [2.75, 3.05) is 5.75 Å². The van der Waals surface area contributed by atoms with Crippen LogP contribution in [0.4, 0.5) is 0 Å². The highest BCUT2D eigenvalue weighted by Gasteiger charge is 2.15. The first-order valence-corrected chi connectivity index (χ1v) is 7.53. The van der Waals surface area contributed by atoms with Gasteiger partial charge >= 0.3 is 5.97 Å². The summed E-state index contributed by atoms with van der Waals surface area (Å²) in [7, 11) is 0. The van der Waals surface area contributed by atoms with Crippen molar-refractivity contribution in [3.8, 4) is 0 Å². The Morgan fingerprint density at radius 1 is 1.44 bits per heavy atom. The number of thioether (sulfide) groups is 1. The van der Waals surface area contributed by atoms with Crippen LogP contribution in [-0.4, -0.2) is 26.6 Å². The van der Waals surface area contributed by atoms with Gasteiger partial charge < -0.3 is 5.11 Å². The Morgan fingerprint density at radius 3 is 2.61 bits per heavy atom. The number of hydrogen-bond donors (Lipinski definition) is 1. The zero-order chi connectivity index (χ0) is 13.5. The van der Waals surface area contributed by atoms with Gasteiger partial charge in [-0.2, -0.15) is 5.10 Å². The largest absolute Gasteiger partial charge is 0.481 e. The highest BCUT2D eigenvalue weighted by molar-refractivity contribution is 7.99. The van der Waals surface area contributed by atoms with E-state index in [1.807, 2.05) is 10.7 Å². The molecule has 0 atom stereocenters. The Bertz CT molecular complexity index is 386. The molecule has 0 aromatic carbocycles. The summed E-state index contributed by atoms with van der Waals surface area (Å²) in [5.41, 5.74) is 1.07. The molecule has 0 amide bonds. The van der Waals surface area contributed by atoms with Crippen LogP contribution in [0, 0.1) is 0 Å². The summed E-state index contributed by atoms with van der Waals surface area (Å²) in [6, 6.07) is 2.40. The molecule has 4 nitrogen and oxygen atoms in total. The molecule has 5 heteroatoms. The quantitative estimate of drug-likeness (QED) is 0.736. The number of rotatable bonds is 8. The van der Waals surface area contributed by atoms with Crippen LogP contribution in [0.15, 0.2) is 11.1 Å². The van der Waals surface area contributed by atoms with Crippen molar-refractivity contribution in [1.82, 2.24) is 9.78 Å². The predicted molar refractivity (Wildman–Crippen MR) is 74.2 cm³/mol. The normalized spacial score (nSPS) is 11.1. The van der Waals surface area contributed by atoms with Crippen LogP contribution in [0.25, 0.3) is 0 Å². The first kappa shape index (κ1) is 15.1. The molecule has 0 spiro atoms. The van der Waals surface area contributed by atoms with Gasteiger partial charge in [0, 0.05) is 0 Å². The Hall–Kier alpha value is -0.970. The summed E-state index contributed by atoms with van der Waals surface area (Å²) in [6.07, 6.45) is 4.05. The SMILES string of the molecule is CCCc1cc(SCC(=O)O)n(C(CC)CC)n1. The van der Waals surface area contributed by atoms with Crippen molar-refractivity contribution in [3.05, 3.63) is 11.8 Å². The second-order valence-electron chi connectivity index (χ2n) is 4.32. The molecule has 0 radical (unpaired) electrons.